The van der Waals surface area contributed by atoms with Gasteiger partial charge in [-0.15, -0.1) is 5.10 Å². The number of hydrogen-bond donors (Lipinski definition) is 0. The van der Waals surface area contributed by atoms with Crippen molar-refractivity contribution in [2.75, 3.05) is 0 Å². The Hall–Kier alpha value is -0.650. The highest BCUT2D eigenvalue weighted by molar-refractivity contribution is 14.1. The number of halogens is 1. The van der Waals surface area contributed by atoms with Crippen LogP contribution in [-0.4, -0.2) is 14.8 Å². The molecule has 4 heteroatoms. The van der Waals surface area contributed by atoms with Crippen LogP contribution in [0, 0.1) is 17.4 Å². The van der Waals surface area contributed by atoms with Crippen molar-refractivity contribution in [2.24, 2.45) is 0 Å². The average Bonchev–Trinajstić information content (AvgIpc) is 2.48. The first kappa shape index (κ1) is 7.97. The summed E-state index contributed by atoms with van der Waals surface area (Å²) in [4.78, 5) is 0. The number of fused-ring (bicyclic) bond motifs is 1. The fourth-order valence-corrected chi connectivity index (χ4v) is 1.81. The van der Waals surface area contributed by atoms with Crippen LogP contribution in [0.4, 0.5) is 0 Å². The van der Waals surface area contributed by atoms with Gasteiger partial charge in [0.1, 0.15) is 5.52 Å². The van der Waals surface area contributed by atoms with Crippen LogP contribution in [0.5, 0.6) is 0 Å². The summed E-state index contributed by atoms with van der Waals surface area (Å²) in [5.74, 6) is 0. The Morgan fingerprint density at radius 1 is 1.42 bits per heavy atom. The van der Waals surface area contributed by atoms with Crippen LogP contribution >= 0.6 is 22.6 Å². The second-order valence-electron chi connectivity index (χ2n) is 2.81. The zero-order valence-electron chi connectivity index (χ0n) is 6.87. The van der Waals surface area contributed by atoms with Crippen molar-refractivity contribution in [3.8, 4) is 0 Å². The fraction of sp³-hybridized carbons (Fsp3) is 0.250. The molecule has 62 valence electrons. The second kappa shape index (κ2) is 2.69. The van der Waals surface area contributed by atoms with E-state index < -0.39 is 0 Å². The van der Waals surface area contributed by atoms with Crippen molar-refractivity contribution in [1.29, 1.82) is 0 Å². The molecule has 12 heavy (non-hydrogen) atoms. The molecule has 0 aliphatic rings. The number of hydrogen-bond acceptors (Lipinski definition) is 2. The molecule has 0 unspecified atom stereocenters. The van der Waals surface area contributed by atoms with Crippen LogP contribution in [0.1, 0.15) is 11.3 Å². The predicted octanol–water partition coefficient (Wildman–Crippen LogP) is 1.95. The monoisotopic (exact) mass is 273 g/mol. The number of pyridine rings is 1. The van der Waals surface area contributed by atoms with E-state index in [4.69, 9.17) is 0 Å². The van der Waals surface area contributed by atoms with E-state index in [9.17, 15) is 0 Å². The van der Waals surface area contributed by atoms with Gasteiger partial charge >= 0.3 is 0 Å². The molecule has 0 aromatic carbocycles. The number of aryl methyl sites for hydroxylation is 2. The van der Waals surface area contributed by atoms with Crippen molar-refractivity contribution in [3.63, 3.8) is 0 Å². The van der Waals surface area contributed by atoms with E-state index in [2.05, 4.69) is 45.9 Å². The maximum absolute atomic E-state index is 3.98. The summed E-state index contributed by atoms with van der Waals surface area (Å²) in [7, 11) is 0. The van der Waals surface area contributed by atoms with Gasteiger partial charge in [0.2, 0.25) is 0 Å². The summed E-state index contributed by atoms with van der Waals surface area (Å²) in [6, 6.07) is 2.11. The SMILES string of the molecule is Cc1cc(C)n2nncc2c1I. The summed E-state index contributed by atoms with van der Waals surface area (Å²) >= 11 is 2.32. The molecule has 0 radical (unpaired) electrons. The first-order valence-electron chi connectivity index (χ1n) is 3.66. The Balaban J connectivity index is 2.97. The van der Waals surface area contributed by atoms with Crippen LogP contribution < -0.4 is 0 Å². The van der Waals surface area contributed by atoms with Crippen LogP contribution in [-0.2, 0) is 0 Å². The molecule has 0 N–H and O–H groups in total. The summed E-state index contributed by atoms with van der Waals surface area (Å²) in [6.07, 6.45) is 1.79. The van der Waals surface area contributed by atoms with E-state index in [0.29, 0.717) is 0 Å². The molecule has 2 heterocycles. The number of nitrogens with zero attached hydrogens (tertiary/aromatic N) is 3. The van der Waals surface area contributed by atoms with Gasteiger partial charge in [0.25, 0.3) is 0 Å². The Kier molecular flexibility index (Phi) is 1.79. The van der Waals surface area contributed by atoms with Gasteiger partial charge in [0.05, 0.1) is 6.20 Å². The average molecular weight is 273 g/mol. The molecule has 0 amide bonds. The van der Waals surface area contributed by atoms with Gasteiger partial charge in [-0.3, -0.25) is 0 Å². The van der Waals surface area contributed by atoms with E-state index in [1.165, 1.54) is 9.13 Å². The molecular weight excluding hydrogens is 265 g/mol. The topological polar surface area (TPSA) is 30.2 Å². The van der Waals surface area contributed by atoms with Crippen LogP contribution in [0.2, 0.25) is 0 Å². The van der Waals surface area contributed by atoms with Crippen molar-refractivity contribution < 1.29 is 0 Å². The van der Waals surface area contributed by atoms with Gasteiger partial charge in [0, 0.05) is 9.26 Å². The Morgan fingerprint density at radius 3 is 2.92 bits per heavy atom. The lowest BCUT2D eigenvalue weighted by Gasteiger charge is -2.02. The summed E-state index contributed by atoms with van der Waals surface area (Å²) < 4.78 is 3.08. The molecule has 0 saturated heterocycles. The van der Waals surface area contributed by atoms with Crippen molar-refractivity contribution in [3.05, 3.63) is 27.1 Å². The quantitative estimate of drug-likeness (QED) is 0.687. The minimum absolute atomic E-state index is 1.09. The molecule has 0 aliphatic carbocycles. The highest BCUT2D eigenvalue weighted by Crippen LogP contribution is 2.18. The molecule has 2 rings (SSSR count). The Labute approximate surface area is 83.9 Å². The highest BCUT2D eigenvalue weighted by Gasteiger charge is 2.05. The summed E-state index contributed by atoms with van der Waals surface area (Å²) in [5, 5.41) is 7.85. The molecule has 0 aliphatic heterocycles. The lowest BCUT2D eigenvalue weighted by atomic mass is 10.2. The van der Waals surface area contributed by atoms with E-state index >= 15 is 0 Å². The predicted molar refractivity (Wildman–Crippen MR) is 55.2 cm³/mol. The van der Waals surface area contributed by atoms with E-state index in [1.54, 1.807) is 6.20 Å². The van der Waals surface area contributed by atoms with Gasteiger partial charge in [-0.2, -0.15) is 0 Å². The minimum atomic E-state index is 1.09. The third-order valence-corrected chi connectivity index (χ3v) is 3.28. The van der Waals surface area contributed by atoms with E-state index in [-0.39, 0.29) is 0 Å². The van der Waals surface area contributed by atoms with Gasteiger partial charge in [0.15, 0.2) is 0 Å². The lowest BCUT2D eigenvalue weighted by molar-refractivity contribution is 0.825. The molecule has 0 saturated carbocycles. The smallest absolute Gasteiger partial charge is 0.100 e. The molecule has 2 aromatic rings. The van der Waals surface area contributed by atoms with Crippen LogP contribution in [0.15, 0.2) is 12.3 Å². The minimum Gasteiger partial charge on any atom is -0.217 e. The van der Waals surface area contributed by atoms with Crippen molar-refractivity contribution >= 4 is 28.1 Å². The van der Waals surface area contributed by atoms with Crippen molar-refractivity contribution in [2.45, 2.75) is 13.8 Å². The molecule has 3 nitrogen and oxygen atoms in total. The zero-order chi connectivity index (χ0) is 8.72. The largest absolute Gasteiger partial charge is 0.217 e. The standard InChI is InChI=1S/C8H8IN3/c1-5-3-6(2)12-7(8(5)9)4-10-11-12/h3-4H,1-2H3. The van der Waals surface area contributed by atoms with E-state index in [1.807, 2.05) is 11.4 Å². The number of rotatable bonds is 0. The normalized spacial score (nSPS) is 10.9. The summed E-state index contributed by atoms with van der Waals surface area (Å²) in [5.41, 5.74) is 3.50. The van der Waals surface area contributed by atoms with E-state index in [0.717, 1.165) is 11.2 Å². The van der Waals surface area contributed by atoms with Gasteiger partial charge in [-0.25, -0.2) is 4.52 Å². The fourth-order valence-electron chi connectivity index (χ4n) is 1.29. The van der Waals surface area contributed by atoms with Gasteiger partial charge in [-0.1, -0.05) is 5.21 Å². The first-order chi connectivity index (χ1) is 5.70. The molecule has 0 fully saturated rings. The lowest BCUT2D eigenvalue weighted by Crippen LogP contribution is -1.96. The number of aromatic nitrogens is 3. The molecular formula is C8H8IN3. The maximum atomic E-state index is 3.98. The molecule has 2 aromatic heterocycles. The Bertz CT molecular complexity index is 433. The molecule has 0 atom stereocenters. The Morgan fingerprint density at radius 2 is 2.17 bits per heavy atom. The third-order valence-electron chi connectivity index (χ3n) is 1.88. The van der Waals surface area contributed by atoms with Crippen molar-refractivity contribution in [1.82, 2.24) is 14.8 Å². The van der Waals surface area contributed by atoms with Crippen LogP contribution in [0.25, 0.3) is 5.52 Å². The first-order valence-corrected chi connectivity index (χ1v) is 4.74. The summed E-state index contributed by atoms with van der Waals surface area (Å²) in [6.45, 7) is 4.13. The third kappa shape index (κ3) is 1.01. The van der Waals surface area contributed by atoms with Crippen LogP contribution in [0.3, 0.4) is 0 Å². The van der Waals surface area contributed by atoms with Gasteiger partial charge < -0.3 is 0 Å². The zero-order valence-corrected chi connectivity index (χ0v) is 9.03. The molecule has 0 spiro atoms. The second-order valence-corrected chi connectivity index (χ2v) is 3.89. The maximum Gasteiger partial charge on any atom is 0.100 e. The highest BCUT2D eigenvalue weighted by atomic mass is 127. The molecule has 0 bridgehead atoms. The van der Waals surface area contributed by atoms with Gasteiger partial charge in [-0.05, 0) is 48.1 Å².